The minimum atomic E-state index is 0.142. The van der Waals surface area contributed by atoms with E-state index >= 15 is 0 Å². The molecule has 1 saturated heterocycles. The van der Waals surface area contributed by atoms with Gasteiger partial charge in [0.15, 0.2) is 0 Å². The Labute approximate surface area is 103 Å². The van der Waals surface area contributed by atoms with Crippen molar-refractivity contribution in [2.24, 2.45) is 5.92 Å². The lowest BCUT2D eigenvalue weighted by Crippen LogP contribution is -2.28. The van der Waals surface area contributed by atoms with Gasteiger partial charge in [0.1, 0.15) is 0 Å². The maximum Gasteiger partial charge on any atom is 0.253 e. The molecule has 1 aliphatic heterocycles. The maximum absolute atomic E-state index is 12.2. The third kappa shape index (κ3) is 2.78. The van der Waals surface area contributed by atoms with Crippen molar-refractivity contribution in [3.63, 3.8) is 0 Å². The van der Waals surface area contributed by atoms with E-state index in [1.165, 1.54) is 12.8 Å². The standard InChI is InChI=1S/C14H20N2O/c1-2-3-11-8-9-16(10-11)14(17)12-4-6-13(15)7-5-12/h4-7,11H,2-3,8-10,15H2,1H3. The number of likely N-dealkylation sites (tertiary alicyclic amines) is 1. The lowest BCUT2D eigenvalue weighted by Gasteiger charge is -2.16. The van der Waals surface area contributed by atoms with Gasteiger partial charge in [0.05, 0.1) is 0 Å². The summed E-state index contributed by atoms with van der Waals surface area (Å²) in [5.74, 6) is 0.835. The molecule has 1 amide bonds. The van der Waals surface area contributed by atoms with E-state index in [-0.39, 0.29) is 5.91 Å². The molecule has 2 rings (SSSR count). The number of carbonyl (C=O) groups excluding carboxylic acids is 1. The van der Waals surface area contributed by atoms with Crippen LogP contribution in [0.15, 0.2) is 24.3 Å². The van der Waals surface area contributed by atoms with Gasteiger partial charge in [-0.2, -0.15) is 0 Å². The van der Waals surface area contributed by atoms with Gasteiger partial charge in [-0.05, 0) is 43.0 Å². The van der Waals surface area contributed by atoms with Crippen LogP contribution in [-0.2, 0) is 0 Å². The van der Waals surface area contributed by atoms with Crippen LogP contribution in [0.4, 0.5) is 5.69 Å². The Morgan fingerprint density at radius 1 is 1.41 bits per heavy atom. The minimum Gasteiger partial charge on any atom is -0.399 e. The highest BCUT2D eigenvalue weighted by molar-refractivity contribution is 5.94. The van der Waals surface area contributed by atoms with Crippen LogP contribution < -0.4 is 5.73 Å². The fourth-order valence-electron chi connectivity index (χ4n) is 2.47. The Kier molecular flexibility index (Phi) is 3.67. The molecule has 1 fully saturated rings. The number of benzene rings is 1. The second-order valence-corrected chi connectivity index (χ2v) is 4.82. The largest absolute Gasteiger partial charge is 0.399 e. The van der Waals surface area contributed by atoms with Crippen LogP contribution in [0.1, 0.15) is 36.5 Å². The molecule has 0 spiro atoms. The molecule has 17 heavy (non-hydrogen) atoms. The third-order valence-corrected chi connectivity index (χ3v) is 3.43. The molecular weight excluding hydrogens is 212 g/mol. The summed E-state index contributed by atoms with van der Waals surface area (Å²) in [5.41, 5.74) is 7.06. The molecule has 92 valence electrons. The first-order chi connectivity index (χ1) is 8.20. The molecule has 0 bridgehead atoms. The van der Waals surface area contributed by atoms with Crippen LogP contribution in [-0.4, -0.2) is 23.9 Å². The molecule has 2 N–H and O–H groups in total. The molecular formula is C14H20N2O. The summed E-state index contributed by atoms with van der Waals surface area (Å²) in [7, 11) is 0. The van der Waals surface area contributed by atoms with Crippen LogP contribution in [0.25, 0.3) is 0 Å². The fourth-order valence-corrected chi connectivity index (χ4v) is 2.47. The molecule has 0 aromatic heterocycles. The lowest BCUT2D eigenvalue weighted by atomic mass is 10.0. The Bertz CT molecular complexity index is 386. The molecule has 0 saturated carbocycles. The number of hydrogen-bond donors (Lipinski definition) is 1. The number of nitrogens with two attached hydrogens (primary N) is 1. The second-order valence-electron chi connectivity index (χ2n) is 4.82. The van der Waals surface area contributed by atoms with Crippen molar-refractivity contribution in [1.82, 2.24) is 4.90 Å². The van der Waals surface area contributed by atoms with Gasteiger partial charge in [0.25, 0.3) is 5.91 Å². The monoisotopic (exact) mass is 232 g/mol. The summed E-state index contributed by atoms with van der Waals surface area (Å²) in [4.78, 5) is 14.2. The highest BCUT2D eigenvalue weighted by Crippen LogP contribution is 2.22. The van der Waals surface area contributed by atoms with E-state index in [4.69, 9.17) is 5.73 Å². The highest BCUT2D eigenvalue weighted by Gasteiger charge is 2.25. The third-order valence-electron chi connectivity index (χ3n) is 3.43. The summed E-state index contributed by atoms with van der Waals surface area (Å²) >= 11 is 0. The molecule has 3 heteroatoms. The van der Waals surface area contributed by atoms with E-state index in [2.05, 4.69) is 6.92 Å². The number of carbonyl (C=O) groups is 1. The predicted octanol–water partition coefficient (Wildman–Crippen LogP) is 2.53. The average molecular weight is 232 g/mol. The summed E-state index contributed by atoms with van der Waals surface area (Å²) in [6.07, 6.45) is 3.58. The van der Waals surface area contributed by atoms with Gasteiger partial charge >= 0.3 is 0 Å². The molecule has 0 radical (unpaired) electrons. The second kappa shape index (κ2) is 5.21. The van der Waals surface area contributed by atoms with Gasteiger partial charge in [-0.15, -0.1) is 0 Å². The van der Waals surface area contributed by atoms with E-state index in [9.17, 15) is 4.79 Å². The van der Waals surface area contributed by atoms with Crippen LogP contribution in [0.3, 0.4) is 0 Å². The normalized spacial score (nSPS) is 19.6. The summed E-state index contributed by atoms with van der Waals surface area (Å²) in [6, 6.07) is 7.19. The number of anilines is 1. The number of rotatable bonds is 3. The molecule has 1 aliphatic rings. The first kappa shape index (κ1) is 12.0. The van der Waals surface area contributed by atoms with Crippen molar-refractivity contribution >= 4 is 11.6 Å². The smallest absolute Gasteiger partial charge is 0.253 e. The van der Waals surface area contributed by atoms with Crippen LogP contribution in [0.5, 0.6) is 0 Å². The molecule has 3 nitrogen and oxygen atoms in total. The molecule has 1 aromatic rings. The Morgan fingerprint density at radius 3 is 2.76 bits per heavy atom. The van der Waals surface area contributed by atoms with Crippen LogP contribution in [0, 0.1) is 5.92 Å². The highest BCUT2D eigenvalue weighted by atomic mass is 16.2. The van der Waals surface area contributed by atoms with Crippen LogP contribution in [0.2, 0.25) is 0 Å². The average Bonchev–Trinajstić information content (AvgIpc) is 2.78. The van der Waals surface area contributed by atoms with Crippen molar-refractivity contribution in [2.75, 3.05) is 18.8 Å². The summed E-state index contributed by atoms with van der Waals surface area (Å²) in [6.45, 7) is 4.01. The topological polar surface area (TPSA) is 46.3 Å². The van der Waals surface area contributed by atoms with Gasteiger partial charge in [0, 0.05) is 24.3 Å². The summed E-state index contributed by atoms with van der Waals surface area (Å²) in [5, 5.41) is 0. The number of amides is 1. The van der Waals surface area contributed by atoms with Crippen molar-refractivity contribution < 1.29 is 4.79 Å². The van der Waals surface area contributed by atoms with Gasteiger partial charge in [-0.3, -0.25) is 4.79 Å². The summed E-state index contributed by atoms with van der Waals surface area (Å²) < 4.78 is 0. The van der Waals surface area contributed by atoms with E-state index < -0.39 is 0 Å². The molecule has 1 atom stereocenters. The van der Waals surface area contributed by atoms with E-state index in [0.717, 1.165) is 25.1 Å². The van der Waals surface area contributed by atoms with Crippen molar-refractivity contribution in [2.45, 2.75) is 26.2 Å². The SMILES string of the molecule is CCCC1CCN(C(=O)c2ccc(N)cc2)C1. The Balaban J connectivity index is 1.99. The molecule has 1 aromatic carbocycles. The number of nitrogen functional groups attached to an aromatic ring is 1. The van der Waals surface area contributed by atoms with E-state index in [0.29, 0.717) is 11.6 Å². The first-order valence-corrected chi connectivity index (χ1v) is 6.35. The van der Waals surface area contributed by atoms with Crippen molar-refractivity contribution in [3.05, 3.63) is 29.8 Å². The Hall–Kier alpha value is -1.51. The lowest BCUT2D eigenvalue weighted by molar-refractivity contribution is 0.0786. The van der Waals surface area contributed by atoms with Crippen molar-refractivity contribution in [3.8, 4) is 0 Å². The van der Waals surface area contributed by atoms with E-state index in [1.807, 2.05) is 17.0 Å². The first-order valence-electron chi connectivity index (χ1n) is 6.35. The van der Waals surface area contributed by atoms with Gasteiger partial charge in [-0.1, -0.05) is 13.3 Å². The van der Waals surface area contributed by atoms with Gasteiger partial charge in [0.2, 0.25) is 0 Å². The number of nitrogens with zero attached hydrogens (tertiary/aromatic N) is 1. The van der Waals surface area contributed by atoms with E-state index in [1.54, 1.807) is 12.1 Å². The fraction of sp³-hybridized carbons (Fsp3) is 0.500. The maximum atomic E-state index is 12.2. The zero-order valence-electron chi connectivity index (χ0n) is 10.4. The number of hydrogen-bond acceptors (Lipinski definition) is 2. The van der Waals surface area contributed by atoms with Gasteiger partial charge in [-0.25, -0.2) is 0 Å². The molecule has 1 heterocycles. The zero-order valence-corrected chi connectivity index (χ0v) is 10.4. The zero-order chi connectivity index (χ0) is 12.3. The quantitative estimate of drug-likeness (QED) is 0.814. The van der Waals surface area contributed by atoms with Crippen molar-refractivity contribution in [1.29, 1.82) is 0 Å². The van der Waals surface area contributed by atoms with Crippen LogP contribution >= 0.6 is 0 Å². The van der Waals surface area contributed by atoms with Gasteiger partial charge < -0.3 is 10.6 Å². The minimum absolute atomic E-state index is 0.142. The predicted molar refractivity (Wildman–Crippen MR) is 69.8 cm³/mol. The Morgan fingerprint density at radius 2 is 2.12 bits per heavy atom. The molecule has 1 unspecified atom stereocenters. The molecule has 0 aliphatic carbocycles.